The average Bonchev–Trinajstić information content (AvgIpc) is 2.82. The monoisotopic (exact) mass is 354 g/mol. The molecule has 0 N–H and O–H groups in total. The van der Waals surface area contributed by atoms with Crippen molar-refractivity contribution in [2.24, 2.45) is 0 Å². The molecule has 25 heavy (non-hydrogen) atoms. The van der Waals surface area contributed by atoms with Crippen molar-refractivity contribution in [1.29, 1.82) is 0 Å². The van der Waals surface area contributed by atoms with Gasteiger partial charge < -0.3 is 18.9 Å². The highest BCUT2D eigenvalue weighted by Crippen LogP contribution is 2.33. The van der Waals surface area contributed by atoms with E-state index in [1.165, 1.54) is 39.2 Å². The lowest BCUT2D eigenvalue weighted by Gasteiger charge is -2.23. The number of aromatic nitrogens is 2. The van der Waals surface area contributed by atoms with Crippen LogP contribution in [0.4, 0.5) is 0 Å². The number of carbonyl (C=O) groups is 3. The van der Waals surface area contributed by atoms with E-state index in [-0.39, 0.29) is 6.61 Å². The minimum absolute atomic E-state index is 0.240. The van der Waals surface area contributed by atoms with E-state index >= 15 is 0 Å². The maximum atomic E-state index is 12.0. The third-order valence-corrected chi connectivity index (χ3v) is 3.35. The van der Waals surface area contributed by atoms with Gasteiger partial charge in [-0.3, -0.25) is 19.0 Å². The van der Waals surface area contributed by atoms with Crippen molar-refractivity contribution in [3.63, 3.8) is 0 Å². The van der Waals surface area contributed by atoms with Crippen molar-refractivity contribution >= 4 is 17.9 Å². The Morgan fingerprint density at radius 3 is 2.32 bits per heavy atom. The first-order valence-electron chi connectivity index (χ1n) is 7.46. The zero-order valence-corrected chi connectivity index (χ0v) is 13.9. The predicted octanol–water partition coefficient (Wildman–Crippen LogP) is -0.433. The van der Waals surface area contributed by atoms with Crippen LogP contribution in [0.15, 0.2) is 23.3 Å². The molecular formula is C15H18N2O8. The molecule has 0 radical (unpaired) electrons. The molecule has 1 aromatic heterocycles. The Hall–Kier alpha value is -2.75. The van der Waals surface area contributed by atoms with Gasteiger partial charge in [-0.1, -0.05) is 0 Å². The van der Waals surface area contributed by atoms with Gasteiger partial charge in [-0.2, -0.15) is 0 Å². The molecule has 0 unspecified atom stereocenters. The molecule has 2 heterocycles. The summed E-state index contributed by atoms with van der Waals surface area (Å²) in [7, 11) is 0. The predicted molar refractivity (Wildman–Crippen MR) is 80.1 cm³/mol. The lowest BCUT2D eigenvalue weighted by Crippen LogP contribution is -2.41. The quantitative estimate of drug-likeness (QED) is 0.511. The molecule has 2 rings (SSSR count). The van der Waals surface area contributed by atoms with E-state index in [0.717, 1.165) is 4.57 Å². The standard InChI is InChI=1S/C15H18N2O8/c1-8(18)22-7-11-12(23-9(2)19)13(24-10(3)20)14(25-11)17-6-4-5-16-15(17)21/h4-6,11-14H,7H2,1-3H3/t11-,12-,13-,14-/m1/s1. The molecule has 10 nitrogen and oxygen atoms in total. The molecule has 0 saturated carbocycles. The summed E-state index contributed by atoms with van der Waals surface area (Å²) in [5.41, 5.74) is -0.639. The fourth-order valence-electron chi connectivity index (χ4n) is 2.48. The van der Waals surface area contributed by atoms with Gasteiger partial charge in [0.2, 0.25) is 0 Å². The summed E-state index contributed by atoms with van der Waals surface area (Å²) < 4.78 is 22.1. The SMILES string of the molecule is CC(=O)OC[C@H]1O[C@@H](n2cccnc2=O)[C@H](OC(C)=O)[C@@H]1OC(C)=O. The van der Waals surface area contributed by atoms with Crippen LogP contribution >= 0.6 is 0 Å². The van der Waals surface area contributed by atoms with Crippen LogP contribution in [0.25, 0.3) is 0 Å². The van der Waals surface area contributed by atoms with E-state index in [0.29, 0.717) is 0 Å². The highest BCUT2D eigenvalue weighted by Gasteiger charge is 2.50. The zero-order valence-electron chi connectivity index (χ0n) is 13.9. The number of hydrogen-bond donors (Lipinski definition) is 0. The Labute approximate surface area is 142 Å². The van der Waals surface area contributed by atoms with E-state index in [1.54, 1.807) is 0 Å². The Balaban J connectivity index is 2.37. The van der Waals surface area contributed by atoms with Gasteiger partial charge in [-0.15, -0.1) is 0 Å². The molecule has 0 aromatic carbocycles. The van der Waals surface area contributed by atoms with Crippen LogP contribution in [-0.4, -0.2) is 52.4 Å². The molecule has 0 aliphatic carbocycles. The third-order valence-electron chi connectivity index (χ3n) is 3.35. The number of rotatable bonds is 5. The van der Waals surface area contributed by atoms with Crippen LogP contribution in [0, 0.1) is 0 Å². The van der Waals surface area contributed by atoms with E-state index in [2.05, 4.69) is 4.98 Å². The van der Waals surface area contributed by atoms with Crippen LogP contribution in [0.1, 0.15) is 27.0 Å². The maximum absolute atomic E-state index is 12.0. The molecular weight excluding hydrogens is 336 g/mol. The van der Waals surface area contributed by atoms with Crippen LogP contribution in [-0.2, 0) is 33.3 Å². The summed E-state index contributed by atoms with van der Waals surface area (Å²) in [6, 6.07) is 1.50. The molecule has 1 fully saturated rings. The van der Waals surface area contributed by atoms with Crippen molar-refractivity contribution < 1.29 is 33.3 Å². The fraction of sp³-hybridized carbons (Fsp3) is 0.533. The van der Waals surface area contributed by atoms with Crippen LogP contribution < -0.4 is 5.69 Å². The molecule has 0 amide bonds. The molecule has 0 bridgehead atoms. The smallest absolute Gasteiger partial charge is 0.349 e. The minimum Gasteiger partial charge on any atom is -0.463 e. The summed E-state index contributed by atoms with van der Waals surface area (Å²) in [5.74, 6) is -1.85. The molecule has 4 atom stereocenters. The van der Waals surface area contributed by atoms with Gasteiger partial charge in [0.05, 0.1) is 0 Å². The topological polar surface area (TPSA) is 123 Å². The van der Waals surface area contributed by atoms with E-state index in [1.807, 2.05) is 0 Å². The number of carbonyl (C=O) groups excluding carboxylic acids is 3. The Kier molecular flexibility index (Phi) is 5.86. The number of esters is 3. The summed E-state index contributed by atoms with van der Waals surface area (Å²) in [6.07, 6.45) is -1.48. The number of ether oxygens (including phenoxy) is 4. The van der Waals surface area contributed by atoms with Crippen LogP contribution in [0.5, 0.6) is 0 Å². The van der Waals surface area contributed by atoms with Crippen molar-refractivity contribution in [3.8, 4) is 0 Å². The molecule has 1 aliphatic rings. The van der Waals surface area contributed by atoms with Crippen molar-refractivity contribution in [3.05, 3.63) is 28.9 Å². The number of hydrogen-bond acceptors (Lipinski definition) is 9. The lowest BCUT2D eigenvalue weighted by molar-refractivity contribution is -0.166. The first kappa shape index (κ1) is 18.6. The summed E-state index contributed by atoms with van der Waals surface area (Å²) in [5, 5.41) is 0. The van der Waals surface area contributed by atoms with Gasteiger partial charge in [-0.05, 0) is 6.07 Å². The maximum Gasteiger partial charge on any atom is 0.349 e. The van der Waals surface area contributed by atoms with Crippen molar-refractivity contribution in [2.75, 3.05) is 6.61 Å². The van der Waals surface area contributed by atoms with Gasteiger partial charge in [-0.25, -0.2) is 9.78 Å². The second-order valence-electron chi connectivity index (χ2n) is 5.33. The summed E-state index contributed by atoms with van der Waals surface area (Å²) >= 11 is 0. The molecule has 1 aliphatic heterocycles. The fourth-order valence-corrected chi connectivity index (χ4v) is 2.48. The van der Waals surface area contributed by atoms with Gasteiger partial charge in [0.1, 0.15) is 12.7 Å². The first-order chi connectivity index (χ1) is 11.8. The van der Waals surface area contributed by atoms with Gasteiger partial charge in [0, 0.05) is 33.2 Å². The Bertz CT molecular complexity index is 715. The lowest BCUT2D eigenvalue weighted by atomic mass is 10.1. The minimum atomic E-state index is -1.11. The average molecular weight is 354 g/mol. The largest absolute Gasteiger partial charge is 0.463 e. The van der Waals surface area contributed by atoms with Crippen molar-refractivity contribution in [2.45, 2.75) is 45.3 Å². The van der Waals surface area contributed by atoms with Crippen molar-refractivity contribution in [1.82, 2.24) is 9.55 Å². The Morgan fingerprint density at radius 2 is 1.76 bits per heavy atom. The molecule has 136 valence electrons. The summed E-state index contributed by atoms with van der Waals surface area (Å²) in [4.78, 5) is 49.5. The van der Waals surface area contributed by atoms with E-state index in [4.69, 9.17) is 18.9 Å². The molecule has 1 saturated heterocycles. The van der Waals surface area contributed by atoms with Gasteiger partial charge in [0.25, 0.3) is 0 Å². The highest BCUT2D eigenvalue weighted by molar-refractivity contribution is 5.67. The van der Waals surface area contributed by atoms with E-state index < -0.39 is 48.1 Å². The van der Waals surface area contributed by atoms with Crippen LogP contribution in [0.3, 0.4) is 0 Å². The Morgan fingerprint density at radius 1 is 1.12 bits per heavy atom. The molecule has 0 spiro atoms. The zero-order chi connectivity index (χ0) is 18.6. The normalized spacial score (nSPS) is 25.2. The van der Waals surface area contributed by atoms with Gasteiger partial charge in [0.15, 0.2) is 18.4 Å². The second kappa shape index (κ2) is 7.88. The molecule has 10 heteroatoms. The van der Waals surface area contributed by atoms with Crippen LogP contribution in [0.2, 0.25) is 0 Å². The molecule has 1 aromatic rings. The first-order valence-corrected chi connectivity index (χ1v) is 7.46. The summed E-state index contributed by atoms with van der Waals surface area (Å²) in [6.45, 7) is 3.32. The van der Waals surface area contributed by atoms with Gasteiger partial charge >= 0.3 is 23.6 Å². The highest BCUT2D eigenvalue weighted by atomic mass is 16.7. The number of nitrogens with zero attached hydrogens (tertiary/aromatic N) is 2. The second-order valence-corrected chi connectivity index (χ2v) is 5.33. The third kappa shape index (κ3) is 4.63. The van der Waals surface area contributed by atoms with E-state index in [9.17, 15) is 19.2 Å².